The summed E-state index contributed by atoms with van der Waals surface area (Å²) in [5, 5.41) is 14.4. The first-order chi connectivity index (χ1) is 6.57. The Morgan fingerprint density at radius 2 is 2.29 bits per heavy atom. The Hall–Kier alpha value is -1.03. The van der Waals surface area contributed by atoms with Gasteiger partial charge in [-0.1, -0.05) is 6.92 Å². The van der Waals surface area contributed by atoms with E-state index in [4.69, 9.17) is 4.74 Å². The van der Waals surface area contributed by atoms with E-state index in [2.05, 4.69) is 12.0 Å². The van der Waals surface area contributed by atoms with Crippen LogP contribution in [0.5, 0.6) is 5.75 Å². The Balaban J connectivity index is 2.35. The van der Waals surface area contributed by atoms with Gasteiger partial charge in [-0.25, -0.2) is 0 Å². The molecule has 2 rings (SSSR count). The molecular weight excluding hydrogens is 180 g/mol. The van der Waals surface area contributed by atoms with Crippen molar-refractivity contribution in [3.8, 4) is 5.75 Å². The Morgan fingerprint density at radius 3 is 2.79 bits per heavy atom. The van der Waals surface area contributed by atoms with Gasteiger partial charge in [-0.15, -0.1) is 0 Å². The summed E-state index contributed by atoms with van der Waals surface area (Å²) in [5.41, 5.74) is 0.0776. The van der Waals surface area contributed by atoms with Crippen molar-refractivity contribution in [3.63, 3.8) is 0 Å². The maximum atomic E-state index is 10.3. The topological polar surface area (TPSA) is 47.3 Å². The zero-order valence-electron chi connectivity index (χ0n) is 8.82. The first kappa shape index (κ1) is 9.52. The van der Waals surface area contributed by atoms with Gasteiger partial charge in [0.05, 0.1) is 13.3 Å². The fraction of sp³-hybridized carbons (Fsp3) is 0.700. The van der Waals surface area contributed by atoms with E-state index in [1.54, 1.807) is 18.0 Å². The van der Waals surface area contributed by atoms with Crippen molar-refractivity contribution in [1.29, 1.82) is 0 Å². The maximum absolute atomic E-state index is 10.3. The lowest BCUT2D eigenvalue weighted by Crippen LogP contribution is -2.41. The lowest BCUT2D eigenvalue weighted by atomic mass is 9.70. The van der Waals surface area contributed by atoms with Gasteiger partial charge in [-0.3, -0.25) is 4.68 Å². The van der Waals surface area contributed by atoms with Gasteiger partial charge in [0.15, 0.2) is 5.75 Å². The summed E-state index contributed by atoms with van der Waals surface area (Å²) in [6.07, 6.45) is 3.24. The number of rotatable bonds is 2. The van der Waals surface area contributed by atoms with Gasteiger partial charge >= 0.3 is 0 Å². The van der Waals surface area contributed by atoms with Crippen LogP contribution in [-0.2, 0) is 12.6 Å². The van der Waals surface area contributed by atoms with Crippen LogP contribution in [0.15, 0.2) is 6.20 Å². The first-order valence-electron chi connectivity index (χ1n) is 4.85. The van der Waals surface area contributed by atoms with Crippen LogP contribution in [0.1, 0.15) is 25.5 Å². The second kappa shape index (κ2) is 2.98. The molecule has 4 nitrogen and oxygen atoms in total. The molecule has 0 bridgehead atoms. The molecule has 1 heterocycles. The molecule has 1 saturated carbocycles. The van der Waals surface area contributed by atoms with Crippen molar-refractivity contribution in [2.24, 2.45) is 13.0 Å². The zero-order valence-corrected chi connectivity index (χ0v) is 8.82. The van der Waals surface area contributed by atoms with Crippen molar-refractivity contribution in [1.82, 2.24) is 9.78 Å². The van der Waals surface area contributed by atoms with Gasteiger partial charge in [0.2, 0.25) is 0 Å². The third-order valence-corrected chi connectivity index (χ3v) is 2.94. The van der Waals surface area contributed by atoms with Crippen molar-refractivity contribution in [2.45, 2.75) is 25.4 Å². The zero-order chi connectivity index (χ0) is 10.3. The van der Waals surface area contributed by atoms with Crippen LogP contribution in [0.4, 0.5) is 0 Å². The molecule has 14 heavy (non-hydrogen) atoms. The number of hydrogen-bond donors (Lipinski definition) is 1. The number of methoxy groups -OCH3 is 1. The Bertz CT molecular complexity index is 340. The van der Waals surface area contributed by atoms with E-state index in [0.29, 0.717) is 11.7 Å². The highest BCUT2D eigenvalue weighted by molar-refractivity contribution is 5.32. The maximum Gasteiger partial charge on any atom is 0.162 e. The normalized spacial score (nSPS) is 31.3. The van der Waals surface area contributed by atoms with E-state index < -0.39 is 5.60 Å². The predicted octanol–water partition coefficient (Wildman–Crippen LogP) is 1.05. The van der Waals surface area contributed by atoms with Gasteiger partial charge in [0, 0.05) is 7.05 Å². The van der Waals surface area contributed by atoms with Gasteiger partial charge in [-0.05, 0) is 18.8 Å². The molecule has 1 aromatic rings. The molecule has 1 fully saturated rings. The van der Waals surface area contributed by atoms with Crippen LogP contribution >= 0.6 is 0 Å². The third kappa shape index (κ3) is 1.21. The van der Waals surface area contributed by atoms with E-state index in [0.717, 1.165) is 18.5 Å². The largest absolute Gasteiger partial charge is 0.493 e. The van der Waals surface area contributed by atoms with E-state index in [-0.39, 0.29) is 0 Å². The molecule has 0 aromatic carbocycles. The number of ether oxygens (including phenoxy) is 1. The second-order valence-electron chi connectivity index (χ2n) is 4.23. The van der Waals surface area contributed by atoms with Gasteiger partial charge in [0.25, 0.3) is 0 Å². The minimum Gasteiger partial charge on any atom is -0.493 e. The van der Waals surface area contributed by atoms with Gasteiger partial charge in [0.1, 0.15) is 11.3 Å². The molecule has 78 valence electrons. The fourth-order valence-electron chi connectivity index (χ4n) is 2.38. The van der Waals surface area contributed by atoms with Gasteiger partial charge < -0.3 is 9.84 Å². The van der Waals surface area contributed by atoms with Crippen LogP contribution in [0, 0.1) is 5.92 Å². The first-order valence-corrected chi connectivity index (χ1v) is 4.85. The summed E-state index contributed by atoms with van der Waals surface area (Å²) in [5.74, 6) is 1.27. The monoisotopic (exact) mass is 196 g/mol. The van der Waals surface area contributed by atoms with Crippen molar-refractivity contribution in [3.05, 3.63) is 11.9 Å². The molecule has 0 amide bonds. The number of aromatic nitrogens is 2. The lowest BCUT2D eigenvalue weighted by molar-refractivity contribution is -0.0812. The third-order valence-electron chi connectivity index (χ3n) is 2.94. The summed E-state index contributed by atoms with van der Waals surface area (Å²) < 4.78 is 6.88. The van der Waals surface area contributed by atoms with Crippen molar-refractivity contribution >= 4 is 0 Å². The van der Waals surface area contributed by atoms with E-state index in [1.807, 2.05) is 7.05 Å². The van der Waals surface area contributed by atoms with Crippen molar-refractivity contribution < 1.29 is 9.84 Å². The molecule has 0 spiro atoms. The summed E-state index contributed by atoms with van der Waals surface area (Å²) in [6.45, 7) is 2.14. The average Bonchev–Trinajstić information content (AvgIpc) is 2.44. The predicted molar refractivity (Wildman–Crippen MR) is 52.1 cm³/mol. The lowest BCUT2D eigenvalue weighted by Gasteiger charge is -2.42. The fourth-order valence-corrected chi connectivity index (χ4v) is 2.38. The number of hydrogen-bond acceptors (Lipinski definition) is 3. The molecule has 0 atom stereocenters. The van der Waals surface area contributed by atoms with Crippen LogP contribution in [-0.4, -0.2) is 22.0 Å². The van der Waals surface area contributed by atoms with Crippen LogP contribution in [0.3, 0.4) is 0 Å². The minimum absolute atomic E-state index is 0.583. The molecule has 0 aliphatic heterocycles. The summed E-state index contributed by atoms with van der Waals surface area (Å²) in [6, 6.07) is 0. The Labute approximate surface area is 83.5 Å². The van der Waals surface area contributed by atoms with Crippen molar-refractivity contribution in [2.75, 3.05) is 7.11 Å². The average molecular weight is 196 g/mol. The standard InChI is InChI=1S/C10H16N2O2/c1-7-4-10(13,5-7)9-8(14-3)6-11-12(9)2/h6-7,13H,4-5H2,1-3H3. The molecule has 1 aromatic heterocycles. The van der Waals surface area contributed by atoms with E-state index in [9.17, 15) is 5.11 Å². The molecule has 0 unspecified atom stereocenters. The summed E-state index contributed by atoms with van der Waals surface area (Å²) >= 11 is 0. The number of aryl methyl sites for hydroxylation is 1. The smallest absolute Gasteiger partial charge is 0.162 e. The van der Waals surface area contributed by atoms with E-state index >= 15 is 0 Å². The molecular formula is C10H16N2O2. The minimum atomic E-state index is -0.726. The molecule has 1 N–H and O–H groups in total. The van der Waals surface area contributed by atoms with E-state index in [1.165, 1.54) is 0 Å². The highest BCUT2D eigenvalue weighted by Crippen LogP contribution is 2.47. The van der Waals surface area contributed by atoms with Crippen LogP contribution in [0.25, 0.3) is 0 Å². The highest BCUT2D eigenvalue weighted by atomic mass is 16.5. The molecule has 1 aliphatic rings. The summed E-state index contributed by atoms with van der Waals surface area (Å²) in [7, 11) is 3.44. The molecule has 4 heteroatoms. The SMILES string of the molecule is COc1cnn(C)c1C1(O)CC(C)C1. The quantitative estimate of drug-likeness (QED) is 0.769. The number of nitrogens with zero attached hydrogens (tertiary/aromatic N) is 2. The summed E-state index contributed by atoms with van der Waals surface area (Å²) in [4.78, 5) is 0. The Kier molecular flexibility index (Phi) is 2.03. The van der Waals surface area contributed by atoms with Crippen LogP contribution in [0.2, 0.25) is 0 Å². The second-order valence-corrected chi connectivity index (χ2v) is 4.23. The Morgan fingerprint density at radius 1 is 1.64 bits per heavy atom. The molecule has 0 radical (unpaired) electrons. The van der Waals surface area contributed by atoms with Gasteiger partial charge in [-0.2, -0.15) is 5.10 Å². The number of aliphatic hydroxyl groups is 1. The van der Waals surface area contributed by atoms with Crippen LogP contribution < -0.4 is 4.74 Å². The molecule has 0 saturated heterocycles. The highest BCUT2D eigenvalue weighted by Gasteiger charge is 2.45. The molecule has 1 aliphatic carbocycles.